The second-order valence-corrected chi connectivity index (χ2v) is 7.70. The van der Waals surface area contributed by atoms with E-state index in [0.717, 1.165) is 32.9 Å². The van der Waals surface area contributed by atoms with Crippen LogP contribution in [-0.2, 0) is 0 Å². The summed E-state index contributed by atoms with van der Waals surface area (Å²) in [5.74, 6) is -0.217. The van der Waals surface area contributed by atoms with Crippen LogP contribution in [-0.4, -0.2) is 36.0 Å². The molecule has 2 aromatic carbocycles. The van der Waals surface area contributed by atoms with E-state index in [0.29, 0.717) is 34.5 Å². The second-order valence-electron chi connectivity index (χ2n) is 6.89. The number of aromatic amines is 1. The third-order valence-corrected chi connectivity index (χ3v) is 5.66. The Morgan fingerprint density at radius 2 is 1.86 bits per heavy atom. The van der Waals surface area contributed by atoms with E-state index < -0.39 is 0 Å². The zero-order chi connectivity index (χ0) is 20.5. The van der Waals surface area contributed by atoms with Crippen molar-refractivity contribution in [2.75, 3.05) is 20.1 Å². The number of rotatable bonds is 5. The molecule has 1 amide bonds. The highest BCUT2D eigenvalue weighted by molar-refractivity contribution is 6.42. The highest BCUT2D eigenvalue weighted by Crippen LogP contribution is 2.35. The van der Waals surface area contributed by atoms with Gasteiger partial charge >= 0.3 is 0 Å². The first kappa shape index (κ1) is 19.7. The number of fused-ring (bicyclic) bond motifs is 3. The van der Waals surface area contributed by atoms with E-state index in [1.54, 1.807) is 12.1 Å². The molecule has 29 heavy (non-hydrogen) atoms. The lowest BCUT2D eigenvalue weighted by Crippen LogP contribution is -2.31. The third-order valence-electron chi connectivity index (χ3n) is 4.92. The molecule has 0 spiro atoms. The normalized spacial score (nSPS) is 11.3. The fraction of sp³-hybridized carbons (Fsp3) is 0.182. The molecule has 4 aromatic rings. The van der Waals surface area contributed by atoms with Crippen molar-refractivity contribution in [3.8, 4) is 11.3 Å². The van der Waals surface area contributed by atoms with Crippen LogP contribution < -0.4 is 10.6 Å². The maximum Gasteiger partial charge on any atom is 0.269 e. The Balaban J connectivity index is 1.96. The number of carbonyl (C=O) groups is 1. The molecular formula is C22H20Cl2N4O. The monoisotopic (exact) mass is 426 g/mol. The van der Waals surface area contributed by atoms with Gasteiger partial charge in [0.25, 0.3) is 5.91 Å². The van der Waals surface area contributed by atoms with Crippen LogP contribution in [0.2, 0.25) is 10.0 Å². The van der Waals surface area contributed by atoms with E-state index in [-0.39, 0.29) is 5.91 Å². The molecule has 5 nitrogen and oxygen atoms in total. The summed E-state index contributed by atoms with van der Waals surface area (Å²) >= 11 is 12.3. The first-order valence-corrected chi connectivity index (χ1v) is 10.1. The van der Waals surface area contributed by atoms with Gasteiger partial charge < -0.3 is 15.6 Å². The lowest BCUT2D eigenvalue weighted by molar-refractivity contribution is 0.0949. The number of amides is 1. The van der Waals surface area contributed by atoms with Gasteiger partial charge in [-0.3, -0.25) is 4.79 Å². The van der Waals surface area contributed by atoms with Crippen molar-refractivity contribution in [3.05, 3.63) is 63.8 Å². The lowest BCUT2D eigenvalue weighted by Gasteiger charge is -2.09. The second kappa shape index (κ2) is 8.03. The van der Waals surface area contributed by atoms with Crippen LogP contribution in [0.1, 0.15) is 16.1 Å². The van der Waals surface area contributed by atoms with Crippen LogP contribution in [0.15, 0.2) is 42.5 Å². The topological polar surface area (TPSA) is 69.8 Å². The molecule has 0 saturated heterocycles. The van der Waals surface area contributed by atoms with Gasteiger partial charge in [0.1, 0.15) is 5.69 Å². The fourth-order valence-electron chi connectivity index (χ4n) is 3.43. The highest BCUT2D eigenvalue weighted by Gasteiger charge is 2.18. The molecule has 148 valence electrons. The van der Waals surface area contributed by atoms with E-state index in [1.165, 1.54) is 0 Å². The molecule has 0 saturated carbocycles. The summed E-state index contributed by atoms with van der Waals surface area (Å²) in [4.78, 5) is 20.9. The van der Waals surface area contributed by atoms with Gasteiger partial charge in [-0.05, 0) is 37.7 Å². The van der Waals surface area contributed by atoms with E-state index in [1.807, 2.05) is 31.3 Å². The minimum Gasteiger partial charge on any atom is -0.353 e. The summed E-state index contributed by atoms with van der Waals surface area (Å²) < 4.78 is 0. The maximum absolute atomic E-state index is 12.7. The smallest absolute Gasteiger partial charge is 0.269 e. The largest absolute Gasteiger partial charge is 0.353 e. The molecule has 0 aliphatic carbocycles. The van der Waals surface area contributed by atoms with Crippen LogP contribution in [0.4, 0.5) is 0 Å². The standard InChI is InChI=1S/C22H20Cl2N4O/c1-12-4-3-5-14-15-11-18(22(29)26-9-8-25-2)27-20(21(15)28-19(12)14)13-6-7-16(23)17(24)10-13/h3-7,10-11,25,28H,8-9H2,1-2H3,(H,26,29). The van der Waals surface area contributed by atoms with E-state index in [9.17, 15) is 4.79 Å². The molecule has 7 heteroatoms. The summed E-state index contributed by atoms with van der Waals surface area (Å²) in [5.41, 5.74) is 4.82. The number of nitrogens with one attached hydrogen (secondary N) is 3. The quantitative estimate of drug-likeness (QED) is 0.395. The Morgan fingerprint density at radius 3 is 2.62 bits per heavy atom. The summed E-state index contributed by atoms with van der Waals surface area (Å²) in [6.45, 7) is 3.25. The van der Waals surface area contributed by atoms with Gasteiger partial charge in [0.15, 0.2) is 0 Å². The number of likely N-dealkylation sites (N-methyl/N-ethyl adjacent to an activating group) is 1. The molecule has 0 aliphatic rings. The average Bonchev–Trinajstić information content (AvgIpc) is 3.10. The van der Waals surface area contributed by atoms with Gasteiger partial charge in [-0.2, -0.15) is 0 Å². The van der Waals surface area contributed by atoms with Gasteiger partial charge in [0, 0.05) is 34.9 Å². The van der Waals surface area contributed by atoms with Gasteiger partial charge in [0.05, 0.1) is 21.3 Å². The molecule has 0 atom stereocenters. The highest BCUT2D eigenvalue weighted by atomic mass is 35.5. The van der Waals surface area contributed by atoms with Crippen LogP contribution >= 0.6 is 23.2 Å². The van der Waals surface area contributed by atoms with E-state index >= 15 is 0 Å². The number of pyridine rings is 1. The number of benzene rings is 2. The fourth-order valence-corrected chi connectivity index (χ4v) is 3.73. The molecular weight excluding hydrogens is 407 g/mol. The molecule has 0 fully saturated rings. The Hall–Kier alpha value is -2.60. The Kier molecular flexibility index (Phi) is 5.46. The minimum absolute atomic E-state index is 0.217. The summed E-state index contributed by atoms with van der Waals surface area (Å²) in [6, 6.07) is 13.3. The van der Waals surface area contributed by atoms with Crippen molar-refractivity contribution >= 4 is 50.9 Å². The molecule has 0 unspecified atom stereocenters. The first-order valence-electron chi connectivity index (χ1n) is 9.30. The average molecular weight is 427 g/mol. The number of hydrogen-bond acceptors (Lipinski definition) is 3. The number of para-hydroxylation sites is 1. The van der Waals surface area contributed by atoms with Crippen LogP contribution in [0, 0.1) is 6.92 Å². The van der Waals surface area contributed by atoms with Gasteiger partial charge in [-0.1, -0.05) is 47.5 Å². The predicted molar refractivity (Wildman–Crippen MR) is 120 cm³/mol. The SMILES string of the molecule is CNCCNC(=O)c1cc2c([nH]c3c(C)cccc32)c(-c2ccc(Cl)c(Cl)c2)n1. The lowest BCUT2D eigenvalue weighted by atomic mass is 10.1. The van der Waals surface area contributed by atoms with Gasteiger partial charge in [0.2, 0.25) is 0 Å². The third kappa shape index (κ3) is 3.69. The van der Waals surface area contributed by atoms with Crippen molar-refractivity contribution in [1.82, 2.24) is 20.6 Å². The number of aryl methyl sites for hydroxylation is 1. The summed E-state index contributed by atoms with van der Waals surface area (Å²) in [6.07, 6.45) is 0. The van der Waals surface area contributed by atoms with E-state index in [2.05, 4.69) is 33.6 Å². The van der Waals surface area contributed by atoms with Crippen molar-refractivity contribution in [1.29, 1.82) is 0 Å². The molecule has 2 aromatic heterocycles. The molecule has 0 aliphatic heterocycles. The van der Waals surface area contributed by atoms with E-state index in [4.69, 9.17) is 23.2 Å². The molecule has 3 N–H and O–H groups in total. The number of halogens is 2. The van der Waals surface area contributed by atoms with Crippen LogP contribution in [0.25, 0.3) is 33.1 Å². The van der Waals surface area contributed by atoms with Crippen LogP contribution in [0.3, 0.4) is 0 Å². The zero-order valence-corrected chi connectivity index (χ0v) is 17.6. The molecule has 4 rings (SSSR count). The predicted octanol–water partition coefficient (Wildman–Crippen LogP) is 4.95. The Morgan fingerprint density at radius 1 is 1.03 bits per heavy atom. The first-order chi connectivity index (χ1) is 14.0. The van der Waals surface area contributed by atoms with Crippen molar-refractivity contribution < 1.29 is 4.79 Å². The zero-order valence-electron chi connectivity index (χ0n) is 16.1. The van der Waals surface area contributed by atoms with Gasteiger partial charge in [-0.15, -0.1) is 0 Å². The molecule has 2 heterocycles. The van der Waals surface area contributed by atoms with Crippen molar-refractivity contribution in [2.24, 2.45) is 0 Å². The summed E-state index contributed by atoms with van der Waals surface area (Å²) in [7, 11) is 1.84. The van der Waals surface area contributed by atoms with Crippen molar-refractivity contribution in [2.45, 2.75) is 6.92 Å². The number of nitrogens with zero attached hydrogens (tertiary/aromatic N) is 1. The molecule has 0 bridgehead atoms. The Bertz CT molecular complexity index is 1230. The maximum atomic E-state index is 12.7. The van der Waals surface area contributed by atoms with Gasteiger partial charge in [-0.25, -0.2) is 4.98 Å². The number of H-pyrrole nitrogens is 1. The van der Waals surface area contributed by atoms with Crippen molar-refractivity contribution in [3.63, 3.8) is 0 Å². The van der Waals surface area contributed by atoms with Crippen LogP contribution in [0.5, 0.6) is 0 Å². The summed E-state index contributed by atoms with van der Waals surface area (Å²) in [5, 5.41) is 8.81. The minimum atomic E-state index is -0.217. The molecule has 0 radical (unpaired) electrons. The number of carbonyl (C=O) groups excluding carboxylic acids is 1. The number of hydrogen-bond donors (Lipinski definition) is 3. The Labute approximate surface area is 178 Å². The number of aromatic nitrogens is 2.